The van der Waals surface area contributed by atoms with E-state index < -0.39 is 29.2 Å². The fraction of sp³-hybridized carbons (Fsp3) is 0.130. The summed E-state index contributed by atoms with van der Waals surface area (Å²) < 4.78 is 60.4. The lowest BCUT2D eigenvalue weighted by Gasteiger charge is -2.12. The molecule has 0 atom stereocenters. The molecule has 4 rings (SSSR count). The minimum atomic E-state index is -4.87. The van der Waals surface area contributed by atoms with Crippen molar-refractivity contribution in [3.8, 4) is 17.0 Å². The first-order valence-electron chi connectivity index (χ1n) is 10.5. The summed E-state index contributed by atoms with van der Waals surface area (Å²) in [5, 5.41) is 15.8. The number of aromatic amines is 1. The number of alkyl halides is 3. The number of hydrogen-bond donors (Lipinski definition) is 3. The van der Waals surface area contributed by atoms with Crippen LogP contribution in [0.4, 0.5) is 29.1 Å². The number of nitrogens with zero attached hydrogens (tertiary/aromatic N) is 4. The van der Waals surface area contributed by atoms with E-state index in [4.69, 9.17) is 16.3 Å². The van der Waals surface area contributed by atoms with E-state index in [1.165, 1.54) is 32.4 Å². The number of anilines is 2. The van der Waals surface area contributed by atoms with Crippen molar-refractivity contribution >= 4 is 35.0 Å². The van der Waals surface area contributed by atoms with Crippen LogP contribution < -0.4 is 15.4 Å². The molecule has 0 saturated heterocycles. The fourth-order valence-corrected chi connectivity index (χ4v) is 3.46. The van der Waals surface area contributed by atoms with Gasteiger partial charge in [-0.3, -0.25) is 14.6 Å². The lowest BCUT2D eigenvalue weighted by atomic mass is 10.1. The maximum absolute atomic E-state index is 14.5. The summed E-state index contributed by atoms with van der Waals surface area (Å²) in [5.74, 6) is -1.62. The van der Waals surface area contributed by atoms with Crippen molar-refractivity contribution in [1.82, 2.24) is 20.0 Å². The second kappa shape index (κ2) is 10.3. The molecule has 1 amide bonds. The van der Waals surface area contributed by atoms with Crippen LogP contribution in [-0.4, -0.2) is 39.0 Å². The van der Waals surface area contributed by atoms with E-state index in [-0.39, 0.29) is 28.1 Å². The minimum Gasteiger partial charge on any atom is -0.497 e. The van der Waals surface area contributed by atoms with Crippen molar-refractivity contribution in [2.75, 3.05) is 17.7 Å². The SMILES string of the molecule is COc1ccc(-c2cc(N/C(=N/C(=O)c3cn(C)nc3C(F)(F)F)Nc3ccccc3Cl)[nH]n2)c(F)c1. The van der Waals surface area contributed by atoms with Gasteiger partial charge in [-0.2, -0.15) is 28.4 Å². The van der Waals surface area contributed by atoms with Crippen LogP contribution in [0.3, 0.4) is 0 Å². The predicted octanol–water partition coefficient (Wildman–Crippen LogP) is 5.35. The molecule has 0 fully saturated rings. The summed E-state index contributed by atoms with van der Waals surface area (Å²) in [6.07, 6.45) is -3.95. The Morgan fingerprint density at radius 2 is 1.92 bits per heavy atom. The average Bonchev–Trinajstić information content (AvgIpc) is 3.47. The molecule has 2 heterocycles. The number of aliphatic imine (C=N–C) groups is 1. The number of methoxy groups -OCH3 is 1. The van der Waals surface area contributed by atoms with Gasteiger partial charge < -0.3 is 15.4 Å². The van der Waals surface area contributed by atoms with E-state index in [9.17, 15) is 22.4 Å². The largest absolute Gasteiger partial charge is 0.497 e. The highest BCUT2D eigenvalue weighted by Crippen LogP contribution is 2.31. The molecule has 0 spiro atoms. The van der Waals surface area contributed by atoms with E-state index in [2.05, 4.69) is 30.9 Å². The van der Waals surface area contributed by atoms with Crippen LogP contribution in [0.25, 0.3) is 11.3 Å². The summed E-state index contributed by atoms with van der Waals surface area (Å²) in [4.78, 5) is 16.6. The summed E-state index contributed by atoms with van der Waals surface area (Å²) in [6, 6.07) is 12.1. The Kier molecular flexibility index (Phi) is 7.16. The summed E-state index contributed by atoms with van der Waals surface area (Å²) >= 11 is 6.18. The van der Waals surface area contributed by atoms with E-state index in [1.54, 1.807) is 30.3 Å². The van der Waals surface area contributed by atoms with Crippen LogP contribution in [0.15, 0.2) is 59.7 Å². The number of guanidine groups is 1. The van der Waals surface area contributed by atoms with Gasteiger partial charge in [-0.05, 0) is 24.3 Å². The smallest absolute Gasteiger partial charge is 0.435 e. The third kappa shape index (κ3) is 5.89. The van der Waals surface area contributed by atoms with Crippen LogP contribution in [0.5, 0.6) is 5.75 Å². The van der Waals surface area contributed by atoms with E-state index in [0.29, 0.717) is 11.4 Å². The van der Waals surface area contributed by atoms with Crippen molar-refractivity contribution in [3.63, 3.8) is 0 Å². The molecule has 0 aliphatic carbocycles. The molecular formula is C23H18ClF4N7O2. The number of rotatable bonds is 5. The second-order valence-corrected chi connectivity index (χ2v) is 7.98. The Balaban J connectivity index is 1.68. The number of carbonyl (C=O) groups is 1. The fourth-order valence-electron chi connectivity index (χ4n) is 3.28. The highest BCUT2D eigenvalue weighted by Gasteiger charge is 2.39. The van der Waals surface area contributed by atoms with Gasteiger partial charge in [0.05, 0.1) is 29.1 Å². The number of nitrogens with one attached hydrogen (secondary N) is 3. The number of para-hydroxylation sites is 1. The minimum absolute atomic E-state index is 0.151. The van der Waals surface area contributed by atoms with Gasteiger partial charge in [0.25, 0.3) is 5.91 Å². The zero-order chi connectivity index (χ0) is 26.7. The lowest BCUT2D eigenvalue weighted by molar-refractivity contribution is -0.141. The third-order valence-electron chi connectivity index (χ3n) is 4.95. The van der Waals surface area contributed by atoms with Gasteiger partial charge in [0.1, 0.15) is 17.4 Å². The number of carbonyl (C=O) groups excluding carboxylic acids is 1. The van der Waals surface area contributed by atoms with Crippen LogP contribution >= 0.6 is 11.6 Å². The Bertz CT molecular complexity index is 1480. The Hall–Kier alpha value is -4.39. The molecule has 0 aliphatic heterocycles. The van der Waals surface area contributed by atoms with E-state index >= 15 is 0 Å². The lowest BCUT2D eigenvalue weighted by Crippen LogP contribution is -2.24. The third-order valence-corrected chi connectivity index (χ3v) is 5.28. The number of aryl methyl sites for hydroxylation is 1. The van der Waals surface area contributed by atoms with Gasteiger partial charge in [0.15, 0.2) is 5.69 Å². The molecule has 4 aromatic rings. The molecule has 0 bridgehead atoms. The van der Waals surface area contributed by atoms with Crippen molar-refractivity contribution in [3.05, 3.63) is 76.8 Å². The standard InChI is InChI=1S/C23H18ClF4N7O2/c1-35-11-14(20(34-35)23(26,27)28)21(36)31-22(29-17-6-4-3-5-15(17)24)30-19-10-18(32-33-19)13-8-7-12(37-2)9-16(13)25/h3-11H,1-2H3,(H3,29,30,31,32,33,36). The molecule has 14 heteroatoms. The van der Waals surface area contributed by atoms with Crippen LogP contribution in [-0.2, 0) is 13.2 Å². The quantitative estimate of drug-likeness (QED) is 0.181. The maximum Gasteiger partial charge on any atom is 0.435 e. The van der Waals surface area contributed by atoms with Crippen molar-refractivity contribution in [2.45, 2.75) is 6.18 Å². The van der Waals surface area contributed by atoms with Crippen LogP contribution in [0.2, 0.25) is 5.02 Å². The molecule has 2 aromatic carbocycles. The number of hydrogen-bond acceptors (Lipinski definition) is 4. The van der Waals surface area contributed by atoms with Gasteiger partial charge in [0, 0.05) is 30.9 Å². The van der Waals surface area contributed by atoms with Gasteiger partial charge in [-0.25, -0.2) is 4.39 Å². The molecular weight excluding hydrogens is 518 g/mol. The van der Waals surface area contributed by atoms with Crippen LogP contribution in [0, 0.1) is 5.82 Å². The zero-order valence-corrected chi connectivity index (χ0v) is 19.9. The average molecular weight is 536 g/mol. The number of benzene rings is 2. The molecule has 0 unspecified atom stereocenters. The monoisotopic (exact) mass is 535 g/mol. The van der Waals surface area contributed by atoms with Gasteiger partial charge in [-0.1, -0.05) is 23.7 Å². The predicted molar refractivity (Wildman–Crippen MR) is 129 cm³/mol. The molecule has 192 valence electrons. The van der Waals surface area contributed by atoms with Crippen molar-refractivity contribution in [1.29, 1.82) is 0 Å². The normalized spacial score (nSPS) is 11.9. The molecule has 0 radical (unpaired) electrons. The molecule has 9 nitrogen and oxygen atoms in total. The number of halogens is 5. The van der Waals surface area contributed by atoms with Crippen LogP contribution in [0.1, 0.15) is 16.1 Å². The number of aromatic nitrogens is 4. The van der Waals surface area contributed by atoms with E-state index in [0.717, 1.165) is 10.9 Å². The van der Waals surface area contributed by atoms with E-state index in [1.807, 2.05) is 0 Å². The molecule has 0 aliphatic rings. The Morgan fingerprint density at radius 3 is 2.59 bits per heavy atom. The van der Waals surface area contributed by atoms with Gasteiger partial charge >= 0.3 is 6.18 Å². The van der Waals surface area contributed by atoms with Crippen molar-refractivity contribution in [2.24, 2.45) is 12.0 Å². The topological polar surface area (TPSA) is 109 Å². The molecule has 2 aromatic heterocycles. The Labute approximate surface area is 212 Å². The molecule has 37 heavy (non-hydrogen) atoms. The highest BCUT2D eigenvalue weighted by molar-refractivity contribution is 6.34. The number of amides is 1. The number of ether oxygens (including phenoxy) is 1. The molecule has 3 N–H and O–H groups in total. The summed E-state index contributed by atoms with van der Waals surface area (Å²) in [6.45, 7) is 0. The van der Waals surface area contributed by atoms with Gasteiger partial charge in [0.2, 0.25) is 5.96 Å². The zero-order valence-electron chi connectivity index (χ0n) is 19.2. The van der Waals surface area contributed by atoms with Gasteiger partial charge in [-0.15, -0.1) is 0 Å². The second-order valence-electron chi connectivity index (χ2n) is 7.57. The first-order valence-corrected chi connectivity index (χ1v) is 10.8. The first-order chi connectivity index (χ1) is 17.5. The first kappa shape index (κ1) is 25.7. The molecule has 0 saturated carbocycles. The number of H-pyrrole nitrogens is 1. The van der Waals surface area contributed by atoms with Crippen molar-refractivity contribution < 1.29 is 27.1 Å². The Morgan fingerprint density at radius 1 is 1.16 bits per heavy atom. The maximum atomic E-state index is 14.5. The summed E-state index contributed by atoms with van der Waals surface area (Å²) in [5.41, 5.74) is -1.45. The highest BCUT2D eigenvalue weighted by atomic mass is 35.5. The summed E-state index contributed by atoms with van der Waals surface area (Å²) in [7, 11) is 2.66.